The van der Waals surface area contributed by atoms with Crippen LogP contribution in [0.1, 0.15) is 37.2 Å². The monoisotopic (exact) mass is 268 g/mol. The van der Waals surface area contributed by atoms with Crippen molar-refractivity contribution in [2.45, 2.75) is 25.7 Å². The molecule has 3 rings (SSSR count). The van der Waals surface area contributed by atoms with Crippen molar-refractivity contribution >= 4 is 17.9 Å². The summed E-state index contributed by atoms with van der Waals surface area (Å²) in [6.07, 6.45) is 10.6. The molecule has 0 amide bonds. The molecule has 1 aliphatic rings. The van der Waals surface area contributed by atoms with E-state index >= 15 is 0 Å². The number of allylic oxidation sites excluding steroid dienone is 2. The summed E-state index contributed by atoms with van der Waals surface area (Å²) in [7, 11) is 0. The number of hydrogen-bond donors (Lipinski definition) is 0. The number of carbonyl (C=O) groups excluding carboxylic acids is 1. The Kier molecular flexibility index (Phi) is 3.68. The summed E-state index contributed by atoms with van der Waals surface area (Å²) in [5.41, 5.74) is 1.63. The van der Waals surface area contributed by atoms with Gasteiger partial charge in [0.25, 0.3) is 0 Å². The summed E-state index contributed by atoms with van der Waals surface area (Å²) in [6.45, 7) is 0. The second kappa shape index (κ2) is 5.78. The number of Topliss-reactive ketones (excluding diaryl/α,β-unsaturated/α-hetero) is 1. The molecule has 1 aliphatic carbocycles. The fraction of sp³-hybridized carbons (Fsp3) is 0.235. The highest BCUT2D eigenvalue weighted by molar-refractivity contribution is 6.13. The second-order valence-corrected chi connectivity index (χ2v) is 4.91. The van der Waals surface area contributed by atoms with Crippen molar-refractivity contribution in [1.29, 1.82) is 0 Å². The molecule has 0 saturated heterocycles. The van der Waals surface area contributed by atoms with Gasteiger partial charge in [0, 0.05) is 11.1 Å². The van der Waals surface area contributed by atoms with Gasteiger partial charge in [-0.15, -0.1) is 0 Å². The van der Waals surface area contributed by atoms with Gasteiger partial charge in [0.2, 0.25) is 0 Å². The van der Waals surface area contributed by atoms with E-state index in [9.17, 15) is 4.79 Å². The van der Waals surface area contributed by atoms with Gasteiger partial charge in [0.1, 0.15) is 11.5 Å². The van der Waals surface area contributed by atoms with Crippen molar-refractivity contribution in [2.75, 3.05) is 0 Å². The molecule has 0 N–H and O–H groups in total. The molecule has 0 atom stereocenters. The van der Waals surface area contributed by atoms with Crippen LogP contribution in [0.3, 0.4) is 0 Å². The van der Waals surface area contributed by atoms with Gasteiger partial charge in [-0.3, -0.25) is 4.79 Å². The van der Waals surface area contributed by atoms with E-state index in [2.05, 4.69) is 0 Å². The van der Waals surface area contributed by atoms with Gasteiger partial charge >= 0.3 is 0 Å². The van der Waals surface area contributed by atoms with E-state index < -0.39 is 0 Å². The molecule has 0 spiro atoms. The van der Waals surface area contributed by atoms with E-state index in [-0.39, 0.29) is 5.78 Å². The first-order valence-corrected chi connectivity index (χ1v) is 6.86. The maximum absolute atomic E-state index is 12.6. The average Bonchev–Trinajstić information content (AvgIpc) is 3.10. The maximum atomic E-state index is 12.6. The zero-order valence-electron chi connectivity index (χ0n) is 11.2. The van der Waals surface area contributed by atoms with Crippen LogP contribution in [0.25, 0.3) is 12.2 Å². The van der Waals surface area contributed by atoms with Crippen molar-refractivity contribution in [3.8, 4) is 0 Å². The van der Waals surface area contributed by atoms with Crippen molar-refractivity contribution < 1.29 is 13.6 Å². The van der Waals surface area contributed by atoms with Crippen molar-refractivity contribution in [1.82, 2.24) is 0 Å². The Hall–Kier alpha value is -2.29. The topological polar surface area (TPSA) is 43.4 Å². The highest BCUT2D eigenvalue weighted by Crippen LogP contribution is 2.27. The van der Waals surface area contributed by atoms with Gasteiger partial charge in [0.05, 0.1) is 12.5 Å². The van der Waals surface area contributed by atoms with Crippen LogP contribution in [0.5, 0.6) is 0 Å². The predicted octanol–water partition coefficient (Wildman–Crippen LogP) is 4.48. The normalized spacial score (nSPS) is 20.5. The summed E-state index contributed by atoms with van der Waals surface area (Å²) in [5, 5.41) is 0. The van der Waals surface area contributed by atoms with Crippen LogP contribution in [0.4, 0.5) is 0 Å². The SMILES string of the molecule is O=C1/C(=C\c2ccco2)CCCC/C1=C\c1ccco1. The fourth-order valence-corrected chi connectivity index (χ4v) is 2.43. The largest absolute Gasteiger partial charge is 0.465 e. The van der Waals surface area contributed by atoms with Crippen LogP contribution in [-0.4, -0.2) is 5.78 Å². The lowest BCUT2D eigenvalue weighted by molar-refractivity contribution is -0.112. The zero-order valence-corrected chi connectivity index (χ0v) is 11.2. The first-order valence-electron chi connectivity index (χ1n) is 6.86. The Bertz CT molecular complexity index is 572. The van der Waals surface area contributed by atoms with Crippen LogP contribution < -0.4 is 0 Å². The third-order valence-electron chi connectivity index (χ3n) is 3.44. The Morgan fingerprint density at radius 1 is 0.850 bits per heavy atom. The number of ketones is 1. The van der Waals surface area contributed by atoms with E-state index in [1.54, 1.807) is 12.5 Å². The van der Waals surface area contributed by atoms with Crippen molar-refractivity contribution in [3.63, 3.8) is 0 Å². The molecule has 0 aliphatic heterocycles. The molecule has 0 bridgehead atoms. The van der Waals surface area contributed by atoms with Gasteiger partial charge in [-0.05, 0) is 62.1 Å². The molecular formula is C17H16O3. The molecule has 0 aromatic carbocycles. The van der Waals surface area contributed by atoms with Crippen LogP contribution in [-0.2, 0) is 4.79 Å². The first kappa shape index (κ1) is 12.7. The van der Waals surface area contributed by atoms with Crippen LogP contribution in [0, 0.1) is 0 Å². The second-order valence-electron chi connectivity index (χ2n) is 4.91. The van der Waals surface area contributed by atoms with E-state index in [0.717, 1.165) is 48.3 Å². The standard InChI is InChI=1S/C17H16O3/c18-17-13(11-15-7-3-9-19-15)5-1-2-6-14(17)12-16-8-4-10-20-16/h3-4,7-12H,1-2,5-6H2/b13-11-,14-12+. The fourth-order valence-electron chi connectivity index (χ4n) is 2.43. The Balaban J connectivity index is 1.91. The van der Waals surface area contributed by atoms with Crippen molar-refractivity contribution in [3.05, 3.63) is 59.5 Å². The Labute approximate surface area is 117 Å². The third kappa shape index (κ3) is 2.82. The minimum absolute atomic E-state index is 0.107. The predicted molar refractivity (Wildman–Crippen MR) is 76.8 cm³/mol. The summed E-state index contributed by atoms with van der Waals surface area (Å²) in [6, 6.07) is 7.38. The van der Waals surface area contributed by atoms with Gasteiger partial charge in [-0.25, -0.2) is 0 Å². The van der Waals surface area contributed by atoms with Crippen LogP contribution >= 0.6 is 0 Å². The molecule has 2 aromatic rings. The van der Waals surface area contributed by atoms with Crippen LogP contribution in [0.2, 0.25) is 0 Å². The lowest BCUT2D eigenvalue weighted by atomic mass is 10.0. The van der Waals surface area contributed by atoms with E-state index in [1.165, 1.54) is 0 Å². The average molecular weight is 268 g/mol. The lowest BCUT2D eigenvalue weighted by Gasteiger charge is -2.03. The first-order chi connectivity index (χ1) is 9.83. The zero-order chi connectivity index (χ0) is 13.8. The van der Waals surface area contributed by atoms with Crippen molar-refractivity contribution in [2.24, 2.45) is 0 Å². The molecule has 0 unspecified atom stereocenters. The highest BCUT2D eigenvalue weighted by Gasteiger charge is 2.19. The number of carbonyl (C=O) groups is 1. The lowest BCUT2D eigenvalue weighted by Crippen LogP contribution is -2.03. The Morgan fingerprint density at radius 2 is 1.35 bits per heavy atom. The molecule has 20 heavy (non-hydrogen) atoms. The minimum atomic E-state index is 0.107. The molecule has 2 heterocycles. The quantitative estimate of drug-likeness (QED) is 0.595. The number of furan rings is 2. The van der Waals surface area contributed by atoms with Gasteiger partial charge in [-0.2, -0.15) is 0 Å². The summed E-state index contributed by atoms with van der Waals surface area (Å²) in [4.78, 5) is 12.6. The van der Waals surface area contributed by atoms with E-state index in [4.69, 9.17) is 8.83 Å². The van der Waals surface area contributed by atoms with Gasteiger partial charge in [-0.1, -0.05) is 0 Å². The summed E-state index contributed by atoms with van der Waals surface area (Å²) >= 11 is 0. The van der Waals surface area contributed by atoms with E-state index in [1.807, 2.05) is 36.4 Å². The molecule has 102 valence electrons. The molecular weight excluding hydrogens is 252 g/mol. The third-order valence-corrected chi connectivity index (χ3v) is 3.44. The number of hydrogen-bond acceptors (Lipinski definition) is 3. The van der Waals surface area contributed by atoms with Gasteiger partial charge < -0.3 is 8.83 Å². The Morgan fingerprint density at radius 3 is 1.75 bits per heavy atom. The molecule has 2 aromatic heterocycles. The highest BCUT2D eigenvalue weighted by atomic mass is 16.3. The van der Waals surface area contributed by atoms with Crippen LogP contribution in [0.15, 0.2) is 56.8 Å². The number of rotatable bonds is 2. The smallest absolute Gasteiger partial charge is 0.185 e. The van der Waals surface area contributed by atoms with E-state index in [0.29, 0.717) is 0 Å². The molecule has 1 saturated carbocycles. The van der Waals surface area contributed by atoms with Gasteiger partial charge in [0.15, 0.2) is 5.78 Å². The summed E-state index contributed by atoms with van der Waals surface area (Å²) in [5.74, 6) is 1.57. The molecule has 3 heteroatoms. The molecule has 1 fully saturated rings. The minimum Gasteiger partial charge on any atom is -0.465 e. The summed E-state index contributed by atoms with van der Waals surface area (Å²) < 4.78 is 10.6. The molecule has 0 radical (unpaired) electrons. The maximum Gasteiger partial charge on any atom is 0.185 e. The molecule has 3 nitrogen and oxygen atoms in total.